The molecule has 2 aromatic carbocycles. The van der Waals surface area contributed by atoms with Gasteiger partial charge in [-0.3, -0.25) is 9.59 Å². The fourth-order valence-corrected chi connectivity index (χ4v) is 2.87. The lowest BCUT2D eigenvalue weighted by Crippen LogP contribution is -2.21. The summed E-state index contributed by atoms with van der Waals surface area (Å²) in [6.45, 7) is -0.0638. The monoisotopic (exact) mass is 459 g/mol. The van der Waals surface area contributed by atoms with Crippen LogP contribution in [0.15, 0.2) is 46.9 Å². The minimum absolute atomic E-state index is 0.132. The molecular formula is C18H16BrCl2NO4. The summed E-state index contributed by atoms with van der Waals surface area (Å²) in [6.07, 6.45) is 0.574. The molecule has 0 heterocycles. The van der Waals surface area contributed by atoms with Gasteiger partial charge in [-0.25, -0.2) is 0 Å². The van der Waals surface area contributed by atoms with Crippen LogP contribution in [0, 0.1) is 0 Å². The Morgan fingerprint density at radius 1 is 1.08 bits per heavy atom. The van der Waals surface area contributed by atoms with E-state index in [1.807, 2.05) is 6.07 Å². The molecule has 0 aliphatic carbocycles. The number of carbonyl (C=O) groups is 2. The number of nitrogens with one attached hydrogen (secondary N) is 1. The largest absolute Gasteiger partial charge is 0.492 e. The van der Waals surface area contributed by atoms with Gasteiger partial charge in [0, 0.05) is 10.9 Å². The van der Waals surface area contributed by atoms with Crippen LogP contribution in [-0.4, -0.2) is 25.1 Å². The average molecular weight is 461 g/mol. The maximum absolute atomic E-state index is 11.8. The van der Waals surface area contributed by atoms with E-state index >= 15 is 0 Å². The Balaban J connectivity index is 1.64. The second kappa shape index (κ2) is 10.4. The zero-order chi connectivity index (χ0) is 18.9. The normalized spacial score (nSPS) is 10.3. The van der Waals surface area contributed by atoms with E-state index in [2.05, 4.69) is 21.2 Å². The fourth-order valence-electron chi connectivity index (χ4n) is 1.96. The first-order chi connectivity index (χ1) is 12.5. The number of ether oxygens (including phenoxy) is 2. The fraction of sp³-hybridized carbons (Fsp3) is 0.222. The van der Waals surface area contributed by atoms with E-state index in [1.165, 1.54) is 0 Å². The average Bonchev–Trinajstić information content (AvgIpc) is 2.60. The highest BCUT2D eigenvalue weighted by Gasteiger charge is 2.10. The number of rotatable bonds is 8. The van der Waals surface area contributed by atoms with Crippen LogP contribution in [0.2, 0.25) is 10.0 Å². The Bertz CT molecular complexity index is 786. The van der Waals surface area contributed by atoms with E-state index in [0.29, 0.717) is 34.5 Å². The first-order valence-corrected chi connectivity index (χ1v) is 9.28. The molecule has 0 unspecified atom stereocenters. The Morgan fingerprint density at radius 3 is 2.58 bits per heavy atom. The van der Waals surface area contributed by atoms with Crippen molar-refractivity contribution in [1.82, 2.24) is 0 Å². The zero-order valence-corrected chi connectivity index (χ0v) is 16.7. The van der Waals surface area contributed by atoms with Gasteiger partial charge in [-0.2, -0.15) is 0 Å². The molecule has 26 heavy (non-hydrogen) atoms. The van der Waals surface area contributed by atoms with Gasteiger partial charge in [0.15, 0.2) is 6.61 Å². The Hall–Kier alpha value is -1.76. The maximum atomic E-state index is 11.8. The third-order valence-electron chi connectivity index (χ3n) is 3.19. The number of amides is 1. The summed E-state index contributed by atoms with van der Waals surface area (Å²) < 4.78 is 11.3. The van der Waals surface area contributed by atoms with Crippen molar-refractivity contribution in [2.24, 2.45) is 0 Å². The van der Waals surface area contributed by atoms with Crippen molar-refractivity contribution in [2.45, 2.75) is 12.8 Å². The van der Waals surface area contributed by atoms with Gasteiger partial charge in [-0.05, 0) is 36.8 Å². The topological polar surface area (TPSA) is 64.6 Å². The molecule has 5 nitrogen and oxygen atoms in total. The van der Waals surface area contributed by atoms with Crippen molar-refractivity contribution in [1.29, 1.82) is 0 Å². The predicted molar refractivity (Wildman–Crippen MR) is 105 cm³/mol. The van der Waals surface area contributed by atoms with E-state index < -0.39 is 11.9 Å². The molecule has 2 aromatic rings. The smallest absolute Gasteiger partial charge is 0.306 e. The van der Waals surface area contributed by atoms with Crippen LogP contribution in [-0.2, 0) is 14.3 Å². The number of esters is 1. The summed E-state index contributed by atoms with van der Waals surface area (Å²) in [5.74, 6) is -0.392. The highest BCUT2D eigenvalue weighted by molar-refractivity contribution is 9.10. The van der Waals surface area contributed by atoms with Crippen molar-refractivity contribution >= 4 is 56.7 Å². The van der Waals surface area contributed by atoms with Gasteiger partial charge in [-0.15, -0.1) is 0 Å². The van der Waals surface area contributed by atoms with Gasteiger partial charge in [0.1, 0.15) is 5.75 Å². The van der Waals surface area contributed by atoms with Crippen molar-refractivity contribution in [3.8, 4) is 5.75 Å². The summed E-state index contributed by atoms with van der Waals surface area (Å²) >= 11 is 15.3. The molecule has 0 bridgehead atoms. The minimum atomic E-state index is -0.482. The number of hydrogen-bond acceptors (Lipinski definition) is 4. The summed E-state index contributed by atoms with van der Waals surface area (Å²) in [5, 5.41) is 3.47. The van der Waals surface area contributed by atoms with E-state index in [9.17, 15) is 9.59 Å². The Labute approximate surface area is 169 Å². The van der Waals surface area contributed by atoms with Gasteiger partial charge in [0.25, 0.3) is 5.91 Å². The van der Waals surface area contributed by atoms with E-state index in [-0.39, 0.29) is 13.0 Å². The van der Waals surface area contributed by atoms with Gasteiger partial charge in [0.2, 0.25) is 0 Å². The SMILES string of the molecule is O=C(COC(=O)CCCOc1ccc(Br)cc1Cl)Nc1ccccc1Cl. The highest BCUT2D eigenvalue weighted by atomic mass is 79.9. The third kappa shape index (κ3) is 6.86. The zero-order valence-electron chi connectivity index (χ0n) is 13.6. The number of para-hydroxylation sites is 1. The maximum Gasteiger partial charge on any atom is 0.306 e. The summed E-state index contributed by atoms with van der Waals surface area (Å²) in [6, 6.07) is 12.1. The molecule has 0 aromatic heterocycles. The molecule has 0 aliphatic rings. The quantitative estimate of drug-likeness (QED) is 0.439. The van der Waals surface area contributed by atoms with Crippen LogP contribution in [0.5, 0.6) is 5.75 Å². The van der Waals surface area contributed by atoms with Crippen LogP contribution in [0.3, 0.4) is 0 Å². The van der Waals surface area contributed by atoms with E-state index in [4.69, 9.17) is 32.7 Å². The molecule has 1 N–H and O–H groups in total. The Morgan fingerprint density at radius 2 is 1.85 bits per heavy atom. The van der Waals surface area contributed by atoms with Crippen molar-refractivity contribution < 1.29 is 19.1 Å². The molecule has 0 saturated heterocycles. The number of anilines is 1. The predicted octanol–water partition coefficient (Wildman–Crippen LogP) is 5.10. The van der Waals surface area contributed by atoms with Gasteiger partial charge < -0.3 is 14.8 Å². The van der Waals surface area contributed by atoms with Crippen LogP contribution < -0.4 is 10.1 Å². The van der Waals surface area contributed by atoms with Crippen LogP contribution in [0.1, 0.15) is 12.8 Å². The highest BCUT2D eigenvalue weighted by Crippen LogP contribution is 2.27. The third-order valence-corrected chi connectivity index (χ3v) is 4.31. The molecule has 0 radical (unpaired) electrons. The minimum Gasteiger partial charge on any atom is -0.492 e. The molecule has 2 rings (SSSR count). The number of benzene rings is 2. The summed E-state index contributed by atoms with van der Waals surface area (Å²) in [5.41, 5.74) is 0.468. The lowest BCUT2D eigenvalue weighted by atomic mass is 10.3. The molecule has 0 saturated carbocycles. The van der Waals surface area contributed by atoms with Gasteiger partial charge in [-0.1, -0.05) is 51.3 Å². The van der Waals surface area contributed by atoms with Gasteiger partial charge in [0.05, 0.1) is 22.3 Å². The summed E-state index contributed by atoms with van der Waals surface area (Å²) in [7, 11) is 0. The van der Waals surface area contributed by atoms with Crippen molar-refractivity contribution in [2.75, 3.05) is 18.5 Å². The van der Waals surface area contributed by atoms with Crippen molar-refractivity contribution in [3.05, 3.63) is 57.0 Å². The molecule has 0 spiro atoms. The number of halogens is 3. The molecular weight excluding hydrogens is 445 g/mol. The molecule has 0 atom stereocenters. The second-order valence-electron chi connectivity index (χ2n) is 5.22. The van der Waals surface area contributed by atoms with Crippen LogP contribution in [0.4, 0.5) is 5.69 Å². The standard InChI is InChI=1S/C18H16BrCl2NO4/c19-12-7-8-16(14(21)10-12)25-9-3-6-18(24)26-11-17(23)22-15-5-2-1-4-13(15)20/h1-2,4-5,7-8,10H,3,6,9,11H2,(H,22,23). The summed E-state index contributed by atoms with van der Waals surface area (Å²) in [4.78, 5) is 23.4. The molecule has 138 valence electrons. The van der Waals surface area contributed by atoms with E-state index in [0.717, 1.165) is 4.47 Å². The first-order valence-electron chi connectivity index (χ1n) is 7.73. The van der Waals surface area contributed by atoms with Crippen molar-refractivity contribution in [3.63, 3.8) is 0 Å². The molecule has 0 fully saturated rings. The molecule has 1 amide bonds. The molecule has 0 aliphatic heterocycles. The van der Waals surface area contributed by atoms with Crippen LogP contribution in [0.25, 0.3) is 0 Å². The Kier molecular flexibility index (Phi) is 8.22. The lowest BCUT2D eigenvalue weighted by Gasteiger charge is -2.09. The molecule has 8 heteroatoms. The number of hydrogen-bond donors (Lipinski definition) is 1. The van der Waals surface area contributed by atoms with E-state index in [1.54, 1.807) is 36.4 Å². The lowest BCUT2D eigenvalue weighted by molar-refractivity contribution is -0.147. The second-order valence-corrected chi connectivity index (χ2v) is 6.95. The van der Waals surface area contributed by atoms with Gasteiger partial charge >= 0.3 is 5.97 Å². The van der Waals surface area contributed by atoms with Crippen LogP contribution >= 0.6 is 39.1 Å². The number of carbonyl (C=O) groups excluding carboxylic acids is 2. The first kappa shape index (κ1) is 20.6.